The highest BCUT2D eigenvalue weighted by Crippen LogP contribution is 2.34. The third-order valence-corrected chi connectivity index (χ3v) is 7.20. The molecule has 8 nitrogen and oxygen atoms in total. The van der Waals surface area contributed by atoms with Gasteiger partial charge in [-0.25, -0.2) is 8.42 Å². The number of esters is 1. The van der Waals surface area contributed by atoms with Crippen molar-refractivity contribution in [3.8, 4) is 11.5 Å². The van der Waals surface area contributed by atoms with Crippen LogP contribution in [0.25, 0.3) is 0 Å². The fourth-order valence-corrected chi connectivity index (χ4v) is 6.01. The number of benzene rings is 1. The van der Waals surface area contributed by atoms with Crippen molar-refractivity contribution in [2.75, 3.05) is 29.4 Å². The molecule has 10 heteroatoms. The number of hydrogen-bond acceptors (Lipinski definition) is 8. The van der Waals surface area contributed by atoms with Gasteiger partial charge in [0.05, 0.1) is 17.3 Å². The summed E-state index contributed by atoms with van der Waals surface area (Å²) in [5.41, 5.74) is 0.507. The molecule has 1 fully saturated rings. The minimum absolute atomic E-state index is 0.0157. The molecule has 1 N–H and O–H groups in total. The molecule has 2 aliphatic rings. The molecule has 1 aromatic rings. The number of thioether (sulfide) groups is 1. The first-order chi connectivity index (χ1) is 12.3. The molecule has 1 amide bonds. The Morgan fingerprint density at radius 2 is 2.12 bits per heavy atom. The third kappa shape index (κ3) is 4.82. The van der Waals surface area contributed by atoms with Crippen LogP contribution in [0.15, 0.2) is 18.2 Å². The average molecular weight is 401 g/mol. The molecular weight excluding hydrogens is 382 g/mol. The summed E-state index contributed by atoms with van der Waals surface area (Å²) in [5, 5.41) is 2.55. The molecule has 3 rings (SSSR count). The first kappa shape index (κ1) is 18.8. The third-order valence-electron chi connectivity index (χ3n) is 3.95. The van der Waals surface area contributed by atoms with Gasteiger partial charge in [0.25, 0.3) is 5.91 Å². The standard InChI is InChI=1S/C16H19NO7S2/c1-10(24-15(18)7-25-12-4-5-26(20,21)8-12)16(19)17-11-2-3-13-14(6-11)23-9-22-13/h2-3,6,10,12H,4-5,7-9H2,1H3,(H,17,19)/t10-,12-/m0/s1. The van der Waals surface area contributed by atoms with Gasteiger partial charge in [0.1, 0.15) is 0 Å². The quantitative estimate of drug-likeness (QED) is 0.709. The molecule has 1 aromatic carbocycles. The van der Waals surface area contributed by atoms with Crippen molar-refractivity contribution < 1.29 is 32.2 Å². The molecule has 2 aliphatic heterocycles. The highest BCUT2D eigenvalue weighted by molar-refractivity contribution is 8.02. The summed E-state index contributed by atoms with van der Waals surface area (Å²) < 4.78 is 38.3. The number of anilines is 1. The van der Waals surface area contributed by atoms with Crippen LogP contribution < -0.4 is 14.8 Å². The Labute approximate surface area is 155 Å². The molecule has 0 saturated carbocycles. The summed E-state index contributed by atoms with van der Waals surface area (Å²) in [6.45, 7) is 1.62. The molecule has 2 heterocycles. The summed E-state index contributed by atoms with van der Waals surface area (Å²) in [6.07, 6.45) is -0.429. The lowest BCUT2D eigenvalue weighted by Gasteiger charge is -2.14. The number of hydrogen-bond donors (Lipinski definition) is 1. The highest BCUT2D eigenvalue weighted by atomic mass is 32.2. The van der Waals surface area contributed by atoms with E-state index in [9.17, 15) is 18.0 Å². The van der Waals surface area contributed by atoms with E-state index >= 15 is 0 Å². The molecule has 0 unspecified atom stereocenters. The normalized spacial score (nSPS) is 21.2. The van der Waals surface area contributed by atoms with E-state index in [-0.39, 0.29) is 29.3 Å². The van der Waals surface area contributed by atoms with Crippen LogP contribution in [0, 0.1) is 0 Å². The zero-order chi connectivity index (χ0) is 18.7. The molecule has 0 radical (unpaired) electrons. The van der Waals surface area contributed by atoms with Crippen molar-refractivity contribution in [3.05, 3.63) is 18.2 Å². The van der Waals surface area contributed by atoms with Crippen LogP contribution in [0.4, 0.5) is 5.69 Å². The van der Waals surface area contributed by atoms with Crippen molar-refractivity contribution in [1.29, 1.82) is 0 Å². The van der Waals surface area contributed by atoms with Crippen LogP contribution in [-0.2, 0) is 24.2 Å². The smallest absolute Gasteiger partial charge is 0.316 e. The maximum Gasteiger partial charge on any atom is 0.316 e. The van der Waals surface area contributed by atoms with Gasteiger partial charge in [-0.1, -0.05) is 0 Å². The van der Waals surface area contributed by atoms with Gasteiger partial charge in [-0.15, -0.1) is 11.8 Å². The van der Waals surface area contributed by atoms with Crippen LogP contribution in [0.5, 0.6) is 11.5 Å². The van der Waals surface area contributed by atoms with E-state index in [1.165, 1.54) is 18.7 Å². The number of nitrogens with one attached hydrogen (secondary N) is 1. The zero-order valence-electron chi connectivity index (χ0n) is 14.1. The Hall–Kier alpha value is -1.94. The summed E-state index contributed by atoms with van der Waals surface area (Å²) in [7, 11) is -2.98. The first-order valence-corrected chi connectivity index (χ1v) is 10.9. The van der Waals surface area contributed by atoms with E-state index < -0.39 is 27.8 Å². The van der Waals surface area contributed by atoms with E-state index in [4.69, 9.17) is 14.2 Å². The summed E-state index contributed by atoms with van der Waals surface area (Å²) >= 11 is 1.25. The summed E-state index contributed by atoms with van der Waals surface area (Å²) in [4.78, 5) is 24.0. The van der Waals surface area contributed by atoms with E-state index in [1.807, 2.05) is 0 Å². The predicted molar refractivity (Wildman–Crippen MR) is 96.3 cm³/mol. The minimum atomic E-state index is -2.98. The maximum atomic E-state index is 12.1. The Kier molecular flexibility index (Phi) is 5.61. The van der Waals surface area contributed by atoms with Gasteiger partial charge < -0.3 is 19.5 Å². The predicted octanol–water partition coefficient (Wildman–Crippen LogP) is 1.21. The second-order valence-corrected chi connectivity index (χ2v) is 9.54. The largest absolute Gasteiger partial charge is 0.454 e. The van der Waals surface area contributed by atoms with Gasteiger partial charge in [-0.3, -0.25) is 9.59 Å². The molecule has 1 saturated heterocycles. The average Bonchev–Trinajstić information content (AvgIpc) is 3.18. The van der Waals surface area contributed by atoms with Gasteiger partial charge in [0, 0.05) is 17.0 Å². The van der Waals surface area contributed by atoms with Crippen molar-refractivity contribution in [2.45, 2.75) is 24.7 Å². The Bertz CT molecular complexity index is 809. The van der Waals surface area contributed by atoms with Crippen LogP contribution in [0.2, 0.25) is 0 Å². The Morgan fingerprint density at radius 3 is 2.85 bits per heavy atom. The second-order valence-electron chi connectivity index (χ2n) is 6.03. The number of ether oxygens (including phenoxy) is 3. The fraction of sp³-hybridized carbons (Fsp3) is 0.500. The van der Waals surface area contributed by atoms with E-state index in [1.54, 1.807) is 18.2 Å². The van der Waals surface area contributed by atoms with Gasteiger partial charge in [-0.2, -0.15) is 0 Å². The topological polar surface area (TPSA) is 108 Å². The monoisotopic (exact) mass is 401 g/mol. The molecular formula is C16H19NO7S2. The van der Waals surface area contributed by atoms with Crippen LogP contribution >= 0.6 is 11.8 Å². The van der Waals surface area contributed by atoms with Crippen LogP contribution in [-0.4, -0.2) is 55.7 Å². The molecule has 0 bridgehead atoms. The molecule has 0 aliphatic carbocycles. The maximum absolute atomic E-state index is 12.1. The number of fused-ring (bicyclic) bond motifs is 1. The molecule has 2 atom stereocenters. The molecule has 26 heavy (non-hydrogen) atoms. The summed E-state index contributed by atoms with van der Waals surface area (Å²) in [5.74, 6) is 0.392. The number of carbonyl (C=O) groups excluding carboxylic acids is 2. The lowest BCUT2D eigenvalue weighted by Crippen LogP contribution is -2.30. The number of carbonyl (C=O) groups is 2. The van der Waals surface area contributed by atoms with Gasteiger partial charge in [0.2, 0.25) is 6.79 Å². The van der Waals surface area contributed by atoms with E-state index in [2.05, 4.69) is 5.32 Å². The SMILES string of the molecule is C[C@H](OC(=O)CS[C@H]1CCS(=O)(=O)C1)C(=O)Nc1ccc2c(c1)OCO2. The molecule has 142 valence electrons. The van der Waals surface area contributed by atoms with E-state index in [0.717, 1.165) is 0 Å². The first-order valence-electron chi connectivity index (χ1n) is 8.04. The Balaban J connectivity index is 1.44. The highest BCUT2D eigenvalue weighted by Gasteiger charge is 2.29. The van der Waals surface area contributed by atoms with Crippen molar-refractivity contribution in [1.82, 2.24) is 0 Å². The zero-order valence-corrected chi connectivity index (χ0v) is 15.7. The van der Waals surface area contributed by atoms with Gasteiger partial charge >= 0.3 is 5.97 Å². The molecule has 0 spiro atoms. The van der Waals surface area contributed by atoms with Gasteiger partial charge in [0.15, 0.2) is 27.4 Å². The molecule has 0 aromatic heterocycles. The fourth-order valence-electron chi connectivity index (χ4n) is 2.58. The number of amides is 1. The van der Waals surface area contributed by atoms with Crippen LogP contribution in [0.3, 0.4) is 0 Å². The van der Waals surface area contributed by atoms with Crippen molar-refractivity contribution in [3.63, 3.8) is 0 Å². The lowest BCUT2D eigenvalue weighted by molar-refractivity contribution is -0.150. The van der Waals surface area contributed by atoms with Crippen LogP contribution in [0.1, 0.15) is 13.3 Å². The van der Waals surface area contributed by atoms with Crippen molar-refractivity contribution in [2.24, 2.45) is 0 Å². The Morgan fingerprint density at radius 1 is 1.35 bits per heavy atom. The lowest BCUT2D eigenvalue weighted by atomic mass is 10.2. The van der Waals surface area contributed by atoms with E-state index in [0.29, 0.717) is 23.6 Å². The summed E-state index contributed by atoms with van der Waals surface area (Å²) in [6, 6.07) is 4.97. The van der Waals surface area contributed by atoms with Crippen molar-refractivity contribution >= 4 is 39.2 Å². The number of sulfone groups is 1. The second kappa shape index (κ2) is 7.75. The minimum Gasteiger partial charge on any atom is -0.454 e. The van der Waals surface area contributed by atoms with Gasteiger partial charge in [-0.05, 0) is 25.5 Å². The number of rotatable bonds is 6.